The van der Waals surface area contributed by atoms with Crippen LogP contribution in [0, 0.1) is 13.8 Å². The van der Waals surface area contributed by atoms with Gasteiger partial charge in [-0.25, -0.2) is 9.59 Å². The number of aryl methyl sites for hydroxylation is 2. The molecule has 0 aliphatic carbocycles. The van der Waals surface area contributed by atoms with Crippen molar-refractivity contribution in [3.63, 3.8) is 0 Å². The highest BCUT2D eigenvalue weighted by Gasteiger charge is 2.16. The number of rotatable bonds is 4. The van der Waals surface area contributed by atoms with E-state index in [9.17, 15) is 9.59 Å². The minimum Gasteiger partial charge on any atom is -0.466 e. The van der Waals surface area contributed by atoms with Crippen LogP contribution in [0.15, 0.2) is 27.0 Å². The lowest BCUT2D eigenvalue weighted by atomic mass is 10.2. The highest BCUT2D eigenvalue weighted by atomic mass is 16.6. The number of carbonyl (C=O) groups is 2. The molecule has 0 atom stereocenters. The molecule has 0 unspecified atom stereocenters. The van der Waals surface area contributed by atoms with Gasteiger partial charge >= 0.3 is 11.9 Å². The zero-order chi connectivity index (χ0) is 14.7. The monoisotopic (exact) mass is 278 g/mol. The fourth-order valence-corrected chi connectivity index (χ4v) is 1.71. The van der Waals surface area contributed by atoms with E-state index in [2.05, 4.69) is 4.74 Å². The molecular formula is C14H14O6. The van der Waals surface area contributed by atoms with Crippen LogP contribution < -0.4 is 0 Å². The standard InChI is InChI=1S/C14H14O6/c1-8-6-11(9(2)19-8)13(15)18-7-10-4-5-12(20-10)14(16)17-3/h4-6H,7H2,1-3H3. The van der Waals surface area contributed by atoms with Crippen molar-refractivity contribution >= 4 is 11.9 Å². The summed E-state index contributed by atoms with van der Waals surface area (Å²) in [5.41, 5.74) is 0.377. The van der Waals surface area contributed by atoms with Crippen LogP contribution in [0.2, 0.25) is 0 Å². The van der Waals surface area contributed by atoms with E-state index in [-0.39, 0.29) is 12.4 Å². The highest BCUT2D eigenvalue weighted by molar-refractivity contribution is 5.90. The summed E-state index contributed by atoms with van der Waals surface area (Å²) in [6, 6.07) is 4.62. The number of hydrogen-bond acceptors (Lipinski definition) is 6. The Kier molecular flexibility index (Phi) is 3.93. The smallest absolute Gasteiger partial charge is 0.373 e. The van der Waals surface area contributed by atoms with Crippen molar-refractivity contribution < 1.29 is 27.9 Å². The van der Waals surface area contributed by atoms with Crippen molar-refractivity contribution in [1.29, 1.82) is 0 Å². The van der Waals surface area contributed by atoms with E-state index in [1.807, 2.05) is 0 Å². The molecule has 0 aromatic carbocycles. The van der Waals surface area contributed by atoms with Gasteiger partial charge in [-0.15, -0.1) is 0 Å². The molecule has 0 bridgehead atoms. The molecule has 6 heteroatoms. The van der Waals surface area contributed by atoms with Gasteiger partial charge in [0.25, 0.3) is 0 Å². The molecule has 2 aromatic rings. The molecule has 6 nitrogen and oxygen atoms in total. The summed E-state index contributed by atoms with van der Waals surface area (Å²) in [5.74, 6) is 0.479. The molecule has 0 aliphatic heterocycles. The third kappa shape index (κ3) is 2.90. The minimum absolute atomic E-state index is 0.0638. The number of hydrogen-bond donors (Lipinski definition) is 0. The quantitative estimate of drug-likeness (QED) is 0.800. The van der Waals surface area contributed by atoms with Gasteiger partial charge in [0, 0.05) is 0 Å². The summed E-state index contributed by atoms with van der Waals surface area (Å²) in [5, 5.41) is 0. The van der Waals surface area contributed by atoms with E-state index in [0.717, 1.165) is 0 Å². The van der Waals surface area contributed by atoms with Gasteiger partial charge in [-0.05, 0) is 32.0 Å². The van der Waals surface area contributed by atoms with Crippen LogP contribution in [-0.2, 0) is 16.1 Å². The first-order valence-corrected chi connectivity index (χ1v) is 5.92. The van der Waals surface area contributed by atoms with E-state index in [1.54, 1.807) is 26.0 Å². The Morgan fingerprint density at radius 2 is 1.90 bits per heavy atom. The van der Waals surface area contributed by atoms with Crippen LogP contribution in [0.1, 0.15) is 38.2 Å². The Balaban J connectivity index is 1.98. The van der Waals surface area contributed by atoms with E-state index in [4.69, 9.17) is 13.6 Å². The predicted molar refractivity (Wildman–Crippen MR) is 67.3 cm³/mol. The minimum atomic E-state index is -0.580. The first-order chi connectivity index (χ1) is 9.51. The lowest BCUT2D eigenvalue weighted by Gasteiger charge is -2.01. The summed E-state index contributed by atoms with van der Waals surface area (Å²) in [6.07, 6.45) is 0. The highest BCUT2D eigenvalue weighted by Crippen LogP contribution is 2.16. The fourth-order valence-electron chi connectivity index (χ4n) is 1.71. The van der Waals surface area contributed by atoms with Gasteiger partial charge in [-0.1, -0.05) is 0 Å². The Bertz CT molecular complexity index is 634. The molecule has 0 saturated carbocycles. The second-order valence-corrected chi connectivity index (χ2v) is 4.16. The second-order valence-electron chi connectivity index (χ2n) is 4.16. The van der Waals surface area contributed by atoms with E-state index in [0.29, 0.717) is 22.8 Å². The third-order valence-corrected chi connectivity index (χ3v) is 2.65. The van der Waals surface area contributed by atoms with Crippen molar-refractivity contribution in [1.82, 2.24) is 0 Å². The Hall–Kier alpha value is -2.50. The zero-order valence-corrected chi connectivity index (χ0v) is 11.4. The van der Waals surface area contributed by atoms with Crippen LogP contribution >= 0.6 is 0 Å². The van der Waals surface area contributed by atoms with Crippen LogP contribution in [0.4, 0.5) is 0 Å². The molecule has 0 fully saturated rings. The molecule has 0 saturated heterocycles. The van der Waals surface area contributed by atoms with Crippen LogP contribution in [0.5, 0.6) is 0 Å². The maximum atomic E-state index is 11.8. The molecule has 0 spiro atoms. The maximum absolute atomic E-state index is 11.8. The number of furan rings is 2. The van der Waals surface area contributed by atoms with Crippen LogP contribution in [-0.4, -0.2) is 19.0 Å². The second kappa shape index (κ2) is 5.64. The van der Waals surface area contributed by atoms with Gasteiger partial charge in [0.15, 0.2) is 0 Å². The maximum Gasteiger partial charge on any atom is 0.373 e. The van der Waals surface area contributed by atoms with E-state index in [1.165, 1.54) is 13.2 Å². The first-order valence-electron chi connectivity index (χ1n) is 5.92. The van der Waals surface area contributed by atoms with Crippen molar-refractivity contribution in [2.24, 2.45) is 0 Å². The molecular weight excluding hydrogens is 264 g/mol. The summed E-state index contributed by atoms with van der Waals surface area (Å²) in [6.45, 7) is 3.37. The lowest BCUT2D eigenvalue weighted by molar-refractivity contribution is 0.0436. The van der Waals surface area contributed by atoms with Crippen molar-refractivity contribution in [3.05, 3.63) is 46.8 Å². The SMILES string of the molecule is COC(=O)c1ccc(COC(=O)c2cc(C)oc2C)o1. The fraction of sp³-hybridized carbons (Fsp3) is 0.286. The average Bonchev–Trinajstić information content (AvgIpc) is 3.01. The topological polar surface area (TPSA) is 78.9 Å². The molecule has 2 aromatic heterocycles. The summed E-state index contributed by atoms with van der Waals surface area (Å²) >= 11 is 0. The molecule has 106 valence electrons. The number of methoxy groups -OCH3 is 1. The van der Waals surface area contributed by atoms with Gasteiger partial charge in [0.1, 0.15) is 29.5 Å². The van der Waals surface area contributed by atoms with Gasteiger partial charge in [-0.3, -0.25) is 0 Å². The van der Waals surface area contributed by atoms with E-state index < -0.39 is 11.9 Å². The normalized spacial score (nSPS) is 10.3. The number of esters is 2. The van der Waals surface area contributed by atoms with Gasteiger partial charge < -0.3 is 18.3 Å². The zero-order valence-electron chi connectivity index (χ0n) is 11.4. The number of ether oxygens (including phenoxy) is 2. The van der Waals surface area contributed by atoms with Crippen molar-refractivity contribution in [3.8, 4) is 0 Å². The van der Waals surface area contributed by atoms with Crippen LogP contribution in [0.3, 0.4) is 0 Å². The Morgan fingerprint density at radius 1 is 1.15 bits per heavy atom. The Morgan fingerprint density at radius 3 is 2.50 bits per heavy atom. The Labute approximate surface area is 115 Å². The molecule has 20 heavy (non-hydrogen) atoms. The van der Waals surface area contributed by atoms with Crippen molar-refractivity contribution in [2.75, 3.05) is 7.11 Å². The van der Waals surface area contributed by atoms with Gasteiger partial charge in [0.05, 0.1) is 7.11 Å². The summed E-state index contributed by atoms with van der Waals surface area (Å²) in [7, 11) is 1.26. The first kappa shape index (κ1) is 13.9. The van der Waals surface area contributed by atoms with Gasteiger partial charge in [0.2, 0.25) is 5.76 Å². The van der Waals surface area contributed by atoms with E-state index >= 15 is 0 Å². The largest absolute Gasteiger partial charge is 0.466 e. The predicted octanol–water partition coefficient (Wildman–Crippen LogP) is 2.63. The molecule has 0 aliphatic rings. The summed E-state index contributed by atoms with van der Waals surface area (Å²) in [4.78, 5) is 23.0. The summed E-state index contributed by atoms with van der Waals surface area (Å²) < 4.78 is 20.0. The number of carbonyl (C=O) groups excluding carboxylic acids is 2. The molecule has 2 heterocycles. The third-order valence-electron chi connectivity index (χ3n) is 2.65. The molecule has 2 rings (SSSR count). The molecule has 0 N–H and O–H groups in total. The molecule has 0 radical (unpaired) electrons. The lowest BCUT2D eigenvalue weighted by Crippen LogP contribution is -2.05. The van der Waals surface area contributed by atoms with Crippen molar-refractivity contribution in [2.45, 2.75) is 20.5 Å². The average molecular weight is 278 g/mol. The van der Waals surface area contributed by atoms with Gasteiger partial charge in [-0.2, -0.15) is 0 Å². The van der Waals surface area contributed by atoms with Crippen LogP contribution in [0.25, 0.3) is 0 Å². The molecule has 0 amide bonds.